The van der Waals surface area contributed by atoms with Gasteiger partial charge in [0.05, 0.1) is 11.1 Å². The number of amides is 1. The number of aromatic nitrogens is 4. The monoisotopic (exact) mass is 320 g/mol. The summed E-state index contributed by atoms with van der Waals surface area (Å²) in [6, 6.07) is -0.621. The van der Waals surface area contributed by atoms with Gasteiger partial charge in [0.2, 0.25) is 5.91 Å². The zero-order valence-electron chi connectivity index (χ0n) is 13.8. The topological polar surface area (TPSA) is 99.1 Å². The summed E-state index contributed by atoms with van der Waals surface area (Å²) in [5.41, 5.74) is 2.15. The smallest absolute Gasteiger partial charge is 0.309 e. The van der Waals surface area contributed by atoms with Crippen molar-refractivity contribution in [1.82, 2.24) is 24.5 Å². The van der Waals surface area contributed by atoms with Gasteiger partial charge >= 0.3 is 5.69 Å². The van der Waals surface area contributed by atoms with E-state index in [1.54, 1.807) is 36.7 Å². The molecule has 9 heteroatoms. The van der Waals surface area contributed by atoms with E-state index < -0.39 is 11.0 Å². The molecule has 0 N–H and O–H groups in total. The Morgan fingerprint density at radius 3 is 2.61 bits per heavy atom. The lowest BCUT2D eigenvalue weighted by molar-refractivity contribution is -0.385. The standard InChI is InChI=1S/C14H20N6O3/c1-9-13(20(22)23)8-19(16-9)11(3)14(21)17(4)7-12-6-15-18(5)10(12)2/h6,8,11H,7H2,1-5H3. The van der Waals surface area contributed by atoms with Crippen LogP contribution in [0.5, 0.6) is 0 Å². The van der Waals surface area contributed by atoms with Crippen LogP contribution in [-0.4, -0.2) is 42.3 Å². The Hall–Kier alpha value is -2.71. The lowest BCUT2D eigenvalue weighted by atomic mass is 10.2. The van der Waals surface area contributed by atoms with E-state index in [1.807, 2.05) is 14.0 Å². The normalized spacial score (nSPS) is 12.2. The fourth-order valence-corrected chi connectivity index (χ4v) is 2.31. The fraction of sp³-hybridized carbons (Fsp3) is 0.500. The minimum Gasteiger partial charge on any atom is -0.339 e. The van der Waals surface area contributed by atoms with Gasteiger partial charge in [-0.2, -0.15) is 10.2 Å². The van der Waals surface area contributed by atoms with Crippen LogP contribution in [0.3, 0.4) is 0 Å². The van der Waals surface area contributed by atoms with Crippen LogP contribution in [0.1, 0.15) is 29.9 Å². The molecule has 0 aliphatic carbocycles. The molecule has 1 atom stereocenters. The number of carbonyl (C=O) groups excluding carboxylic acids is 1. The molecule has 9 nitrogen and oxygen atoms in total. The maximum atomic E-state index is 12.5. The summed E-state index contributed by atoms with van der Waals surface area (Å²) in [4.78, 5) is 24.5. The second kappa shape index (κ2) is 6.19. The number of carbonyl (C=O) groups is 1. The molecule has 124 valence electrons. The van der Waals surface area contributed by atoms with Gasteiger partial charge < -0.3 is 4.90 Å². The average molecular weight is 320 g/mol. The average Bonchev–Trinajstić information content (AvgIpc) is 3.03. The predicted octanol–water partition coefficient (Wildman–Crippen LogP) is 1.36. The van der Waals surface area contributed by atoms with E-state index in [9.17, 15) is 14.9 Å². The molecular weight excluding hydrogens is 300 g/mol. The van der Waals surface area contributed by atoms with Crippen molar-refractivity contribution in [3.05, 3.63) is 39.5 Å². The molecule has 0 saturated carbocycles. The lowest BCUT2D eigenvalue weighted by Crippen LogP contribution is -2.33. The molecule has 2 heterocycles. The first-order chi connectivity index (χ1) is 10.7. The third-order valence-electron chi connectivity index (χ3n) is 3.96. The first-order valence-electron chi connectivity index (χ1n) is 7.15. The van der Waals surface area contributed by atoms with Crippen molar-refractivity contribution in [2.75, 3.05) is 7.05 Å². The van der Waals surface area contributed by atoms with Crippen LogP contribution in [0.25, 0.3) is 0 Å². The third-order valence-corrected chi connectivity index (χ3v) is 3.96. The Kier molecular flexibility index (Phi) is 4.48. The Morgan fingerprint density at radius 1 is 1.48 bits per heavy atom. The van der Waals surface area contributed by atoms with Crippen molar-refractivity contribution in [3.8, 4) is 0 Å². The van der Waals surface area contributed by atoms with Crippen molar-refractivity contribution in [1.29, 1.82) is 0 Å². The van der Waals surface area contributed by atoms with Crippen molar-refractivity contribution < 1.29 is 9.72 Å². The maximum absolute atomic E-state index is 12.5. The van der Waals surface area contributed by atoms with E-state index >= 15 is 0 Å². The molecule has 1 amide bonds. The summed E-state index contributed by atoms with van der Waals surface area (Å²) >= 11 is 0. The molecule has 0 saturated heterocycles. The van der Waals surface area contributed by atoms with Crippen molar-refractivity contribution in [2.45, 2.75) is 33.4 Å². The van der Waals surface area contributed by atoms with E-state index in [4.69, 9.17) is 0 Å². The first-order valence-corrected chi connectivity index (χ1v) is 7.15. The molecule has 0 aromatic carbocycles. The quantitative estimate of drug-likeness (QED) is 0.612. The Bertz CT molecular complexity index is 748. The van der Waals surface area contributed by atoms with Crippen LogP contribution in [-0.2, 0) is 18.4 Å². The van der Waals surface area contributed by atoms with Gasteiger partial charge in [0.25, 0.3) is 0 Å². The molecule has 0 spiro atoms. The van der Waals surface area contributed by atoms with Crippen LogP contribution in [0.4, 0.5) is 5.69 Å². The zero-order valence-corrected chi connectivity index (χ0v) is 13.8. The third kappa shape index (κ3) is 3.22. The summed E-state index contributed by atoms with van der Waals surface area (Å²) in [5.74, 6) is -0.175. The van der Waals surface area contributed by atoms with E-state index in [-0.39, 0.29) is 11.6 Å². The SMILES string of the molecule is Cc1nn(C(C)C(=O)N(C)Cc2cnn(C)c2C)cc1[N+](=O)[O-]. The molecule has 2 aromatic rings. The van der Waals surface area contributed by atoms with Gasteiger partial charge in [-0.15, -0.1) is 0 Å². The molecule has 2 aromatic heterocycles. The van der Waals surface area contributed by atoms with E-state index in [0.717, 1.165) is 11.3 Å². The van der Waals surface area contributed by atoms with Crippen molar-refractivity contribution >= 4 is 11.6 Å². The minimum absolute atomic E-state index is 0.0876. The van der Waals surface area contributed by atoms with Gasteiger partial charge in [-0.3, -0.25) is 24.3 Å². The summed E-state index contributed by atoms with van der Waals surface area (Å²) < 4.78 is 3.08. The zero-order chi connectivity index (χ0) is 17.3. The Balaban J connectivity index is 2.14. The molecule has 0 radical (unpaired) electrons. The number of hydrogen-bond donors (Lipinski definition) is 0. The molecule has 0 aliphatic heterocycles. The molecule has 2 rings (SSSR count). The number of rotatable bonds is 5. The van der Waals surface area contributed by atoms with Crippen LogP contribution in [0.2, 0.25) is 0 Å². The van der Waals surface area contributed by atoms with Crippen LogP contribution >= 0.6 is 0 Å². The molecule has 0 aliphatic rings. The van der Waals surface area contributed by atoms with Gasteiger partial charge in [0.1, 0.15) is 17.9 Å². The number of nitro groups is 1. The van der Waals surface area contributed by atoms with Crippen LogP contribution in [0.15, 0.2) is 12.4 Å². The largest absolute Gasteiger partial charge is 0.339 e. The summed E-state index contributed by atoms with van der Waals surface area (Å²) in [6.45, 7) is 5.58. The molecule has 23 heavy (non-hydrogen) atoms. The highest BCUT2D eigenvalue weighted by molar-refractivity contribution is 5.79. The molecule has 0 fully saturated rings. The summed E-state index contributed by atoms with van der Waals surface area (Å²) in [6.07, 6.45) is 3.02. The second-order valence-electron chi connectivity index (χ2n) is 5.59. The molecule has 0 bridgehead atoms. The first kappa shape index (κ1) is 16.7. The summed E-state index contributed by atoms with van der Waals surface area (Å²) in [5, 5.41) is 19.1. The number of nitrogens with zero attached hydrogens (tertiary/aromatic N) is 6. The maximum Gasteiger partial charge on any atom is 0.309 e. The van der Waals surface area contributed by atoms with Crippen LogP contribution < -0.4 is 0 Å². The number of likely N-dealkylation sites (N-methyl/N-ethyl adjacent to an activating group) is 1. The van der Waals surface area contributed by atoms with Crippen LogP contribution in [0, 0.1) is 24.0 Å². The summed E-state index contributed by atoms with van der Waals surface area (Å²) in [7, 11) is 3.53. The van der Waals surface area contributed by atoms with E-state index in [0.29, 0.717) is 12.2 Å². The van der Waals surface area contributed by atoms with Gasteiger partial charge in [-0.25, -0.2) is 0 Å². The molecular formula is C14H20N6O3. The highest BCUT2D eigenvalue weighted by atomic mass is 16.6. The van der Waals surface area contributed by atoms with E-state index in [1.165, 1.54) is 10.9 Å². The number of aryl methyl sites for hydroxylation is 2. The fourth-order valence-electron chi connectivity index (χ4n) is 2.31. The highest BCUT2D eigenvalue weighted by Gasteiger charge is 2.24. The molecule has 1 unspecified atom stereocenters. The number of hydrogen-bond acceptors (Lipinski definition) is 5. The van der Waals surface area contributed by atoms with Gasteiger partial charge in [0.15, 0.2) is 0 Å². The van der Waals surface area contributed by atoms with E-state index in [2.05, 4.69) is 10.2 Å². The van der Waals surface area contributed by atoms with Gasteiger partial charge in [-0.05, 0) is 20.8 Å². The minimum atomic E-state index is -0.621. The highest BCUT2D eigenvalue weighted by Crippen LogP contribution is 2.20. The Labute approximate surface area is 133 Å². The lowest BCUT2D eigenvalue weighted by Gasteiger charge is -2.21. The van der Waals surface area contributed by atoms with Gasteiger partial charge in [0, 0.05) is 31.9 Å². The second-order valence-corrected chi connectivity index (χ2v) is 5.59. The van der Waals surface area contributed by atoms with Crippen molar-refractivity contribution in [2.24, 2.45) is 7.05 Å². The Morgan fingerprint density at radius 2 is 2.13 bits per heavy atom. The van der Waals surface area contributed by atoms with Crippen molar-refractivity contribution in [3.63, 3.8) is 0 Å². The predicted molar refractivity (Wildman–Crippen MR) is 82.7 cm³/mol. The van der Waals surface area contributed by atoms with Gasteiger partial charge in [-0.1, -0.05) is 0 Å².